The number of nitrogens with zero attached hydrogens (tertiary/aromatic N) is 3. The molecule has 0 amide bonds. The van der Waals surface area contributed by atoms with Gasteiger partial charge in [0.25, 0.3) is 15.2 Å². The molecule has 0 aromatic carbocycles. The van der Waals surface area contributed by atoms with Crippen LogP contribution in [0.3, 0.4) is 0 Å². The average Bonchev–Trinajstić information content (AvgIpc) is 2.86. The molecular formula is C7H12N4O6S. The topological polar surface area (TPSA) is 161 Å². The molecule has 1 aliphatic rings. The van der Waals surface area contributed by atoms with Crippen molar-refractivity contribution < 1.29 is 28.5 Å². The first kappa shape index (κ1) is 13.3. The predicted octanol–water partition coefficient (Wildman–Crippen LogP) is -3.46. The molecule has 1 aromatic rings. The molecule has 18 heavy (non-hydrogen) atoms. The molecule has 1 aliphatic heterocycles. The van der Waals surface area contributed by atoms with Gasteiger partial charge in [-0.3, -0.25) is 0 Å². The van der Waals surface area contributed by atoms with E-state index in [0.717, 1.165) is 11.0 Å². The summed E-state index contributed by atoms with van der Waals surface area (Å²) < 4.78 is 28.0. The molecule has 0 unspecified atom stereocenters. The Labute approximate surface area is 102 Å². The van der Waals surface area contributed by atoms with Gasteiger partial charge in [-0.1, -0.05) is 0 Å². The first-order chi connectivity index (χ1) is 8.34. The molecule has 10 nitrogen and oxygen atoms in total. The van der Waals surface area contributed by atoms with Gasteiger partial charge in [-0.25, -0.2) is 23.2 Å². The second-order valence-electron chi connectivity index (χ2n) is 3.78. The molecule has 2 rings (SSSR count). The molecule has 0 bridgehead atoms. The maximum atomic E-state index is 11.0. The Bertz CT molecular complexity index is 530. The smallest absolute Gasteiger partial charge is 0.282 e. The van der Waals surface area contributed by atoms with E-state index in [1.54, 1.807) is 0 Å². The normalized spacial score (nSPS) is 32.9. The second-order valence-corrected chi connectivity index (χ2v) is 5.24. The number of aliphatic hydroxyl groups is 3. The predicted molar refractivity (Wildman–Crippen MR) is 54.4 cm³/mol. The number of aliphatic hydroxyl groups excluding tert-OH is 3. The molecule has 102 valence electrons. The van der Waals surface area contributed by atoms with Gasteiger partial charge in [0.05, 0.1) is 6.61 Å². The van der Waals surface area contributed by atoms with Gasteiger partial charge < -0.3 is 20.1 Å². The maximum absolute atomic E-state index is 11.0. The van der Waals surface area contributed by atoms with E-state index in [9.17, 15) is 18.6 Å². The zero-order valence-corrected chi connectivity index (χ0v) is 9.80. The molecule has 1 saturated heterocycles. The number of nitrogens with two attached hydrogens (primary N) is 1. The third-order valence-electron chi connectivity index (χ3n) is 2.52. The fraction of sp³-hybridized carbons (Fsp3) is 0.714. The highest BCUT2D eigenvalue weighted by atomic mass is 32.2. The zero-order valence-electron chi connectivity index (χ0n) is 8.99. The van der Waals surface area contributed by atoms with Crippen molar-refractivity contribution in [2.75, 3.05) is 6.61 Å². The fourth-order valence-corrected chi connectivity index (χ4v) is 2.01. The Morgan fingerprint density at radius 2 is 2.11 bits per heavy atom. The standard InChI is InChI=1S/C7H12N4O6S/c8-18(15,16)7-9-2-11(10-7)6-5(14)4(13)3(1-12)17-6/h2-6,12-14H,1H2,(H2,8,15,16)/t3-,4-,5-,6-/m1/s1. The van der Waals surface area contributed by atoms with Gasteiger partial charge >= 0.3 is 0 Å². The maximum Gasteiger partial charge on any atom is 0.282 e. The van der Waals surface area contributed by atoms with Crippen LogP contribution in [0.15, 0.2) is 11.5 Å². The molecule has 11 heteroatoms. The number of aromatic nitrogens is 3. The summed E-state index contributed by atoms with van der Waals surface area (Å²) >= 11 is 0. The highest BCUT2D eigenvalue weighted by Gasteiger charge is 2.44. The van der Waals surface area contributed by atoms with Gasteiger partial charge in [0.15, 0.2) is 6.23 Å². The number of rotatable bonds is 3. The molecule has 0 radical (unpaired) electrons. The fourth-order valence-electron chi connectivity index (χ4n) is 1.61. The lowest BCUT2D eigenvalue weighted by Gasteiger charge is -2.13. The molecular weight excluding hydrogens is 268 g/mol. The first-order valence-electron chi connectivity index (χ1n) is 4.91. The Morgan fingerprint density at radius 3 is 2.56 bits per heavy atom. The van der Waals surface area contributed by atoms with E-state index >= 15 is 0 Å². The van der Waals surface area contributed by atoms with E-state index in [1.807, 2.05) is 0 Å². The van der Waals surface area contributed by atoms with Crippen molar-refractivity contribution in [2.45, 2.75) is 29.7 Å². The summed E-state index contributed by atoms with van der Waals surface area (Å²) in [5, 5.41) is 35.8. The van der Waals surface area contributed by atoms with E-state index in [0.29, 0.717) is 0 Å². The lowest BCUT2D eigenvalue weighted by molar-refractivity contribution is -0.0592. The third-order valence-corrected chi connectivity index (χ3v) is 3.22. The van der Waals surface area contributed by atoms with Crippen LogP contribution in [0.4, 0.5) is 0 Å². The summed E-state index contributed by atoms with van der Waals surface area (Å²) in [6.45, 7) is -0.495. The Hall–Kier alpha value is -1.11. The van der Waals surface area contributed by atoms with Gasteiger partial charge in [-0.15, -0.1) is 5.10 Å². The van der Waals surface area contributed by atoms with Crippen molar-refractivity contribution in [2.24, 2.45) is 5.14 Å². The average molecular weight is 280 g/mol. The lowest BCUT2D eigenvalue weighted by Crippen LogP contribution is -2.33. The summed E-state index contributed by atoms with van der Waals surface area (Å²) in [6, 6.07) is 0. The quantitative estimate of drug-likeness (QED) is 0.444. The largest absolute Gasteiger partial charge is 0.394 e. The van der Waals surface area contributed by atoms with Gasteiger partial charge in [-0.05, 0) is 0 Å². The number of hydrogen-bond acceptors (Lipinski definition) is 8. The van der Waals surface area contributed by atoms with Gasteiger partial charge in [0.2, 0.25) is 0 Å². The Balaban J connectivity index is 2.25. The third kappa shape index (κ3) is 2.23. The van der Waals surface area contributed by atoms with Gasteiger partial charge in [-0.2, -0.15) is 0 Å². The zero-order chi connectivity index (χ0) is 13.5. The molecule has 0 spiro atoms. The second kappa shape index (κ2) is 4.53. The summed E-state index contributed by atoms with van der Waals surface area (Å²) in [5.41, 5.74) is 0. The number of sulfonamides is 1. The number of primary sulfonamides is 1. The minimum atomic E-state index is -4.05. The molecule has 0 aliphatic carbocycles. The Morgan fingerprint density at radius 1 is 1.44 bits per heavy atom. The van der Waals surface area contributed by atoms with Crippen LogP contribution in [0.1, 0.15) is 6.23 Å². The molecule has 2 heterocycles. The molecule has 4 atom stereocenters. The highest BCUT2D eigenvalue weighted by molar-refractivity contribution is 7.89. The summed E-state index contributed by atoms with van der Waals surface area (Å²) in [6.07, 6.45) is -3.79. The van der Waals surface area contributed by atoms with Gasteiger partial charge in [0, 0.05) is 0 Å². The van der Waals surface area contributed by atoms with E-state index in [2.05, 4.69) is 10.1 Å². The number of ether oxygens (including phenoxy) is 1. The van der Waals surface area contributed by atoms with Crippen molar-refractivity contribution in [3.63, 3.8) is 0 Å². The Kier molecular flexibility index (Phi) is 3.35. The van der Waals surface area contributed by atoms with Gasteiger partial charge in [0.1, 0.15) is 24.6 Å². The monoisotopic (exact) mass is 280 g/mol. The summed E-state index contributed by atoms with van der Waals surface area (Å²) in [5.74, 6) is 0. The van der Waals surface area contributed by atoms with E-state index in [-0.39, 0.29) is 0 Å². The van der Waals surface area contributed by atoms with Crippen LogP contribution in [0, 0.1) is 0 Å². The summed E-state index contributed by atoms with van der Waals surface area (Å²) in [7, 11) is -4.05. The van der Waals surface area contributed by atoms with Crippen LogP contribution in [0.25, 0.3) is 0 Å². The van der Waals surface area contributed by atoms with Crippen molar-refractivity contribution in [3.05, 3.63) is 6.33 Å². The summed E-state index contributed by atoms with van der Waals surface area (Å²) in [4.78, 5) is 3.45. The van der Waals surface area contributed by atoms with Crippen LogP contribution < -0.4 is 5.14 Å². The van der Waals surface area contributed by atoms with Crippen LogP contribution in [0.5, 0.6) is 0 Å². The molecule has 1 aromatic heterocycles. The van der Waals surface area contributed by atoms with E-state index < -0.39 is 46.3 Å². The van der Waals surface area contributed by atoms with Crippen molar-refractivity contribution in [1.82, 2.24) is 14.8 Å². The van der Waals surface area contributed by atoms with E-state index in [1.165, 1.54) is 0 Å². The minimum absolute atomic E-state index is 0.495. The van der Waals surface area contributed by atoms with Crippen molar-refractivity contribution >= 4 is 10.0 Å². The lowest BCUT2D eigenvalue weighted by atomic mass is 10.1. The molecule has 1 fully saturated rings. The van der Waals surface area contributed by atoms with Crippen LogP contribution >= 0.6 is 0 Å². The molecule has 5 N–H and O–H groups in total. The van der Waals surface area contributed by atoms with Crippen molar-refractivity contribution in [3.8, 4) is 0 Å². The van der Waals surface area contributed by atoms with Crippen LogP contribution in [-0.2, 0) is 14.8 Å². The molecule has 0 saturated carbocycles. The number of hydrogen-bond donors (Lipinski definition) is 4. The SMILES string of the molecule is NS(=O)(=O)c1ncn([C@@H]2O[C@H](CO)[C@@H](O)[C@H]2O)n1. The van der Waals surface area contributed by atoms with Crippen molar-refractivity contribution in [1.29, 1.82) is 0 Å². The highest BCUT2D eigenvalue weighted by Crippen LogP contribution is 2.28. The minimum Gasteiger partial charge on any atom is -0.394 e. The van der Waals surface area contributed by atoms with E-state index in [4.69, 9.17) is 15.0 Å². The van der Waals surface area contributed by atoms with Crippen LogP contribution in [0.2, 0.25) is 0 Å². The van der Waals surface area contributed by atoms with Crippen LogP contribution in [-0.4, -0.2) is 63.4 Å². The first-order valence-corrected chi connectivity index (χ1v) is 6.45.